The Labute approximate surface area is 71.4 Å². The van der Waals surface area contributed by atoms with Gasteiger partial charge in [0.15, 0.2) is 5.78 Å². The molecular formula is C10H11NO. The van der Waals surface area contributed by atoms with Gasteiger partial charge in [-0.15, -0.1) is 0 Å². The topological polar surface area (TPSA) is 43.1 Å². The summed E-state index contributed by atoms with van der Waals surface area (Å²) in [6.45, 7) is 2.06. The number of fused-ring (bicyclic) bond motifs is 1. The predicted molar refractivity (Wildman–Crippen MR) is 48.2 cm³/mol. The van der Waals surface area contributed by atoms with E-state index in [2.05, 4.69) is 6.92 Å². The van der Waals surface area contributed by atoms with Gasteiger partial charge in [-0.3, -0.25) is 4.79 Å². The zero-order valence-corrected chi connectivity index (χ0v) is 7.00. The molecule has 2 nitrogen and oxygen atoms in total. The molecule has 2 heteroatoms. The Morgan fingerprint density at radius 2 is 2.25 bits per heavy atom. The van der Waals surface area contributed by atoms with Crippen LogP contribution in [0.3, 0.4) is 0 Å². The first-order valence-electron chi connectivity index (χ1n) is 4.11. The number of nitrogen functional groups attached to an aromatic ring is 1. The van der Waals surface area contributed by atoms with Gasteiger partial charge in [-0.05, 0) is 17.5 Å². The van der Waals surface area contributed by atoms with Gasteiger partial charge in [0.05, 0.1) is 0 Å². The molecule has 0 aliphatic heterocycles. The summed E-state index contributed by atoms with van der Waals surface area (Å²) in [5, 5.41) is 0. The van der Waals surface area contributed by atoms with Crippen molar-refractivity contribution in [1.29, 1.82) is 0 Å². The van der Waals surface area contributed by atoms with E-state index < -0.39 is 0 Å². The first kappa shape index (κ1) is 7.35. The first-order valence-corrected chi connectivity index (χ1v) is 4.11. The lowest BCUT2D eigenvalue weighted by atomic mass is 10.0. The molecule has 1 aliphatic carbocycles. The summed E-state index contributed by atoms with van der Waals surface area (Å²) in [6.07, 6.45) is 0.615. The highest BCUT2D eigenvalue weighted by Crippen LogP contribution is 2.35. The van der Waals surface area contributed by atoms with E-state index in [1.165, 1.54) is 0 Å². The average molecular weight is 161 g/mol. The maximum absolute atomic E-state index is 11.4. The molecule has 0 saturated heterocycles. The second-order valence-corrected chi connectivity index (χ2v) is 3.34. The number of rotatable bonds is 0. The number of anilines is 1. The van der Waals surface area contributed by atoms with E-state index in [4.69, 9.17) is 5.73 Å². The Morgan fingerprint density at radius 1 is 1.50 bits per heavy atom. The summed E-state index contributed by atoms with van der Waals surface area (Å²) in [7, 11) is 0. The molecule has 0 radical (unpaired) electrons. The minimum Gasteiger partial charge on any atom is -0.398 e. The molecule has 2 rings (SSSR count). The van der Waals surface area contributed by atoms with Crippen LogP contribution < -0.4 is 5.73 Å². The molecule has 0 fully saturated rings. The molecule has 12 heavy (non-hydrogen) atoms. The molecule has 1 aliphatic rings. The van der Waals surface area contributed by atoms with Gasteiger partial charge in [-0.2, -0.15) is 0 Å². The van der Waals surface area contributed by atoms with Crippen LogP contribution in [0.1, 0.15) is 35.2 Å². The summed E-state index contributed by atoms with van der Waals surface area (Å²) < 4.78 is 0. The van der Waals surface area contributed by atoms with Crippen LogP contribution in [0.4, 0.5) is 5.69 Å². The number of carbonyl (C=O) groups excluding carboxylic acids is 1. The minimum atomic E-state index is 0.190. The molecule has 1 unspecified atom stereocenters. The van der Waals surface area contributed by atoms with E-state index in [-0.39, 0.29) is 5.78 Å². The first-order chi connectivity index (χ1) is 5.70. The lowest BCUT2D eigenvalue weighted by Crippen LogP contribution is -1.98. The average Bonchev–Trinajstić information content (AvgIpc) is 2.29. The van der Waals surface area contributed by atoms with Gasteiger partial charge in [0.1, 0.15) is 0 Å². The van der Waals surface area contributed by atoms with Crippen LogP contribution in [-0.2, 0) is 0 Å². The van der Waals surface area contributed by atoms with Crippen molar-refractivity contribution < 1.29 is 4.79 Å². The maximum Gasteiger partial charge on any atom is 0.165 e. The smallest absolute Gasteiger partial charge is 0.165 e. The minimum absolute atomic E-state index is 0.190. The highest BCUT2D eigenvalue weighted by atomic mass is 16.1. The zero-order chi connectivity index (χ0) is 8.72. The number of ketones is 1. The number of carbonyl (C=O) groups is 1. The zero-order valence-electron chi connectivity index (χ0n) is 7.00. The van der Waals surface area contributed by atoms with Crippen molar-refractivity contribution in [1.82, 2.24) is 0 Å². The third-order valence-corrected chi connectivity index (χ3v) is 2.43. The Bertz CT molecular complexity index is 344. The van der Waals surface area contributed by atoms with Crippen LogP contribution in [-0.4, -0.2) is 5.78 Å². The van der Waals surface area contributed by atoms with Crippen molar-refractivity contribution in [2.24, 2.45) is 0 Å². The van der Waals surface area contributed by atoms with Crippen molar-refractivity contribution in [3.05, 3.63) is 29.3 Å². The van der Waals surface area contributed by atoms with Crippen LogP contribution in [0.2, 0.25) is 0 Å². The summed E-state index contributed by atoms with van der Waals surface area (Å²) in [5.41, 5.74) is 8.20. The van der Waals surface area contributed by atoms with Crippen LogP contribution in [0.15, 0.2) is 18.2 Å². The standard InChI is InChI=1S/C10H11NO/c1-6-5-9(12)10-7(6)3-2-4-8(10)11/h2-4,6H,5,11H2,1H3. The summed E-state index contributed by atoms with van der Waals surface area (Å²) >= 11 is 0. The second-order valence-electron chi connectivity index (χ2n) is 3.34. The van der Waals surface area contributed by atoms with E-state index in [0.29, 0.717) is 18.0 Å². The molecule has 62 valence electrons. The van der Waals surface area contributed by atoms with Crippen LogP contribution in [0.5, 0.6) is 0 Å². The molecule has 0 saturated carbocycles. The van der Waals surface area contributed by atoms with E-state index in [1.54, 1.807) is 6.07 Å². The fraction of sp³-hybridized carbons (Fsp3) is 0.300. The third kappa shape index (κ3) is 0.843. The third-order valence-electron chi connectivity index (χ3n) is 2.43. The van der Waals surface area contributed by atoms with Gasteiger partial charge < -0.3 is 5.73 Å². The number of benzene rings is 1. The normalized spacial score (nSPS) is 21.1. The Balaban J connectivity index is 2.67. The highest BCUT2D eigenvalue weighted by molar-refractivity contribution is 6.05. The summed E-state index contributed by atoms with van der Waals surface area (Å²) in [4.78, 5) is 11.4. The largest absolute Gasteiger partial charge is 0.398 e. The van der Waals surface area contributed by atoms with Crippen LogP contribution in [0, 0.1) is 0 Å². The molecule has 0 spiro atoms. The fourth-order valence-electron chi connectivity index (χ4n) is 1.81. The van der Waals surface area contributed by atoms with Gasteiger partial charge in [0.2, 0.25) is 0 Å². The van der Waals surface area contributed by atoms with Gasteiger partial charge in [0.25, 0.3) is 0 Å². The molecule has 0 bridgehead atoms. The van der Waals surface area contributed by atoms with Crippen molar-refractivity contribution in [2.75, 3.05) is 5.73 Å². The van der Waals surface area contributed by atoms with Crippen LogP contribution >= 0.6 is 0 Å². The molecule has 2 N–H and O–H groups in total. The Hall–Kier alpha value is -1.31. The quantitative estimate of drug-likeness (QED) is 0.591. The Kier molecular flexibility index (Phi) is 1.43. The molecule has 1 aromatic rings. The monoisotopic (exact) mass is 161 g/mol. The molecule has 0 heterocycles. The molecule has 0 aromatic heterocycles. The van der Waals surface area contributed by atoms with Gasteiger partial charge in [-0.1, -0.05) is 19.1 Å². The lowest BCUT2D eigenvalue weighted by molar-refractivity contribution is 0.0991. The lowest BCUT2D eigenvalue weighted by Gasteiger charge is -2.03. The molecule has 0 amide bonds. The van der Waals surface area contributed by atoms with E-state index in [0.717, 1.165) is 11.1 Å². The molecular weight excluding hydrogens is 150 g/mol. The van der Waals surface area contributed by atoms with Gasteiger partial charge in [0, 0.05) is 17.7 Å². The fourth-order valence-corrected chi connectivity index (χ4v) is 1.81. The van der Waals surface area contributed by atoms with Crippen molar-refractivity contribution in [3.8, 4) is 0 Å². The van der Waals surface area contributed by atoms with Crippen molar-refractivity contribution >= 4 is 11.5 Å². The van der Waals surface area contributed by atoms with E-state index >= 15 is 0 Å². The number of nitrogens with two attached hydrogens (primary N) is 1. The number of hydrogen-bond donors (Lipinski definition) is 1. The van der Waals surface area contributed by atoms with Gasteiger partial charge >= 0.3 is 0 Å². The SMILES string of the molecule is CC1CC(=O)c2c(N)cccc21. The van der Waals surface area contributed by atoms with E-state index in [9.17, 15) is 4.79 Å². The van der Waals surface area contributed by atoms with Crippen molar-refractivity contribution in [2.45, 2.75) is 19.3 Å². The number of hydrogen-bond acceptors (Lipinski definition) is 2. The van der Waals surface area contributed by atoms with Crippen LogP contribution in [0.25, 0.3) is 0 Å². The highest BCUT2D eigenvalue weighted by Gasteiger charge is 2.27. The predicted octanol–water partition coefficient (Wildman–Crippen LogP) is 1.96. The second kappa shape index (κ2) is 2.34. The molecule has 1 aromatic carbocycles. The van der Waals surface area contributed by atoms with Crippen molar-refractivity contribution in [3.63, 3.8) is 0 Å². The van der Waals surface area contributed by atoms with Gasteiger partial charge in [-0.25, -0.2) is 0 Å². The Morgan fingerprint density at radius 3 is 2.92 bits per heavy atom. The summed E-state index contributed by atoms with van der Waals surface area (Å²) in [5.74, 6) is 0.534. The van der Waals surface area contributed by atoms with E-state index in [1.807, 2.05) is 12.1 Å². The maximum atomic E-state index is 11.4. The molecule has 1 atom stereocenters. The summed E-state index contributed by atoms with van der Waals surface area (Å²) in [6, 6.07) is 5.68. The number of Topliss-reactive ketones (excluding diaryl/α,β-unsaturated/α-hetero) is 1.